The SMILES string of the molecule is CC(C)c1noc(C2CCN(c3nc4c(c(N[C@@H](CO)C(C)C)n3)[S+]([O-])CC4)CC2)n1. The molecule has 0 bridgehead atoms. The Morgan fingerprint density at radius 1 is 1.19 bits per heavy atom. The number of fused-ring (bicyclic) bond motifs is 1. The van der Waals surface area contributed by atoms with Crippen molar-refractivity contribution in [3.8, 4) is 0 Å². The van der Waals surface area contributed by atoms with Crippen molar-refractivity contribution in [2.75, 3.05) is 35.7 Å². The maximum Gasteiger partial charge on any atom is 0.229 e. The lowest BCUT2D eigenvalue weighted by molar-refractivity contribution is 0.248. The number of aliphatic hydroxyl groups excluding tert-OH is 1. The Bertz CT molecular complexity index is 897. The molecule has 0 amide bonds. The van der Waals surface area contributed by atoms with Crippen LogP contribution in [-0.4, -0.2) is 61.3 Å². The molecule has 4 rings (SSSR count). The molecule has 170 valence electrons. The summed E-state index contributed by atoms with van der Waals surface area (Å²) in [5, 5.41) is 17.2. The molecule has 31 heavy (non-hydrogen) atoms. The second kappa shape index (κ2) is 9.30. The standard InChI is InChI=1S/C21H32N6O3S/c1-12(2)16(11-28)22-19-17-15(7-10-31(17)29)23-21(25-19)27-8-5-14(6-9-27)20-24-18(13(3)4)26-30-20/h12-14,16,28H,5-11H2,1-4H3,(H,22,23,25)/t16-,31?/m0/s1. The number of anilines is 2. The van der Waals surface area contributed by atoms with Crippen LogP contribution in [0.4, 0.5) is 11.8 Å². The topological polar surface area (TPSA) is 123 Å². The summed E-state index contributed by atoms with van der Waals surface area (Å²) in [5.74, 6) is 4.03. The highest BCUT2D eigenvalue weighted by atomic mass is 32.2. The van der Waals surface area contributed by atoms with E-state index in [2.05, 4.69) is 34.2 Å². The highest BCUT2D eigenvalue weighted by molar-refractivity contribution is 7.91. The minimum absolute atomic E-state index is 0.00759. The number of nitrogens with zero attached hydrogens (tertiary/aromatic N) is 5. The fourth-order valence-corrected chi connectivity index (χ4v) is 5.31. The molecule has 2 atom stereocenters. The van der Waals surface area contributed by atoms with E-state index in [1.165, 1.54) is 0 Å². The summed E-state index contributed by atoms with van der Waals surface area (Å²) in [6.07, 6.45) is 2.47. The monoisotopic (exact) mass is 448 g/mol. The van der Waals surface area contributed by atoms with Gasteiger partial charge in [0.25, 0.3) is 0 Å². The molecule has 1 unspecified atom stereocenters. The molecule has 2 N–H and O–H groups in total. The smallest absolute Gasteiger partial charge is 0.229 e. The van der Waals surface area contributed by atoms with Crippen molar-refractivity contribution in [3.05, 3.63) is 17.4 Å². The fourth-order valence-electron chi connectivity index (χ4n) is 4.00. The largest absolute Gasteiger partial charge is 0.611 e. The third-order valence-electron chi connectivity index (χ3n) is 6.10. The van der Waals surface area contributed by atoms with Gasteiger partial charge in [-0.3, -0.25) is 0 Å². The third-order valence-corrected chi connectivity index (χ3v) is 7.56. The number of hydrogen-bond acceptors (Lipinski definition) is 9. The lowest BCUT2D eigenvalue weighted by Crippen LogP contribution is -2.35. The predicted molar refractivity (Wildman–Crippen MR) is 119 cm³/mol. The molecule has 0 aliphatic carbocycles. The molecule has 0 saturated carbocycles. The van der Waals surface area contributed by atoms with Crippen LogP contribution in [-0.2, 0) is 17.6 Å². The first-order valence-electron chi connectivity index (χ1n) is 11.1. The summed E-state index contributed by atoms with van der Waals surface area (Å²) in [6, 6.07) is -0.150. The number of rotatable bonds is 7. The van der Waals surface area contributed by atoms with Gasteiger partial charge in [0, 0.05) is 31.3 Å². The van der Waals surface area contributed by atoms with Crippen LogP contribution in [0.5, 0.6) is 0 Å². The van der Waals surface area contributed by atoms with Gasteiger partial charge in [-0.1, -0.05) is 32.9 Å². The van der Waals surface area contributed by atoms with Crippen molar-refractivity contribution in [3.63, 3.8) is 0 Å². The average Bonchev–Trinajstić information content (AvgIpc) is 3.39. The lowest BCUT2D eigenvalue weighted by atomic mass is 9.97. The second-order valence-electron chi connectivity index (χ2n) is 9.03. The van der Waals surface area contributed by atoms with Crippen molar-refractivity contribution in [2.24, 2.45) is 5.92 Å². The molecule has 0 radical (unpaired) electrons. The molecule has 9 nitrogen and oxygen atoms in total. The summed E-state index contributed by atoms with van der Waals surface area (Å²) < 4.78 is 18.1. The fraction of sp³-hybridized carbons (Fsp3) is 0.714. The number of aliphatic hydroxyl groups is 1. The van der Waals surface area contributed by atoms with Crippen LogP contribution < -0.4 is 10.2 Å². The van der Waals surface area contributed by atoms with E-state index in [1.54, 1.807) is 0 Å². The molecule has 10 heteroatoms. The molecule has 2 aromatic rings. The third kappa shape index (κ3) is 4.65. The van der Waals surface area contributed by atoms with Gasteiger partial charge in [-0.25, -0.2) is 4.98 Å². The van der Waals surface area contributed by atoms with E-state index in [0.717, 1.165) is 43.3 Å². The Kier molecular flexibility index (Phi) is 6.68. The van der Waals surface area contributed by atoms with E-state index in [-0.39, 0.29) is 30.4 Å². The van der Waals surface area contributed by atoms with E-state index in [1.807, 2.05) is 13.8 Å². The maximum atomic E-state index is 12.6. The number of piperidine rings is 1. The quantitative estimate of drug-likeness (QED) is 0.615. The summed E-state index contributed by atoms with van der Waals surface area (Å²) >= 11 is -1.10. The Morgan fingerprint density at radius 2 is 1.94 bits per heavy atom. The summed E-state index contributed by atoms with van der Waals surface area (Å²) in [6.45, 7) is 9.77. The van der Waals surface area contributed by atoms with Gasteiger partial charge in [-0.2, -0.15) is 9.97 Å². The van der Waals surface area contributed by atoms with E-state index < -0.39 is 11.2 Å². The number of nitrogens with one attached hydrogen (secondary N) is 1. The summed E-state index contributed by atoms with van der Waals surface area (Å²) in [5.41, 5.74) is 0.854. The van der Waals surface area contributed by atoms with E-state index in [0.29, 0.717) is 28.8 Å². The Labute approximate surface area is 186 Å². The molecule has 2 aliphatic rings. The summed E-state index contributed by atoms with van der Waals surface area (Å²) in [7, 11) is 0. The molecule has 2 aliphatic heterocycles. The molecule has 0 aromatic carbocycles. The Morgan fingerprint density at radius 3 is 2.55 bits per heavy atom. The Hall–Kier alpha value is -1.91. The first-order chi connectivity index (χ1) is 14.9. The molecule has 2 aromatic heterocycles. The predicted octanol–water partition coefficient (Wildman–Crippen LogP) is 2.46. The zero-order chi connectivity index (χ0) is 22.1. The van der Waals surface area contributed by atoms with Crippen molar-refractivity contribution in [1.82, 2.24) is 20.1 Å². The van der Waals surface area contributed by atoms with Crippen molar-refractivity contribution in [2.45, 2.75) is 69.7 Å². The number of aromatic nitrogens is 4. The minimum atomic E-state index is -1.10. The summed E-state index contributed by atoms with van der Waals surface area (Å²) in [4.78, 5) is 17.0. The van der Waals surface area contributed by atoms with Gasteiger partial charge in [0.1, 0.15) is 11.4 Å². The molecular formula is C21H32N6O3S. The van der Waals surface area contributed by atoms with Crippen LogP contribution in [0.2, 0.25) is 0 Å². The lowest BCUT2D eigenvalue weighted by Gasteiger charge is -2.31. The van der Waals surface area contributed by atoms with Crippen LogP contribution in [0.3, 0.4) is 0 Å². The number of aryl methyl sites for hydroxylation is 1. The van der Waals surface area contributed by atoms with Gasteiger partial charge in [0.2, 0.25) is 16.7 Å². The van der Waals surface area contributed by atoms with E-state index in [4.69, 9.17) is 14.5 Å². The van der Waals surface area contributed by atoms with Gasteiger partial charge < -0.3 is 24.4 Å². The van der Waals surface area contributed by atoms with Crippen LogP contribution in [0.25, 0.3) is 0 Å². The van der Waals surface area contributed by atoms with Gasteiger partial charge in [0.05, 0.1) is 12.6 Å². The molecule has 1 fully saturated rings. The molecular weight excluding hydrogens is 416 g/mol. The van der Waals surface area contributed by atoms with Crippen LogP contribution in [0.15, 0.2) is 9.42 Å². The van der Waals surface area contributed by atoms with Gasteiger partial charge in [-0.15, -0.1) is 0 Å². The van der Waals surface area contributed by atoms with E-state index in [9.17, 15) is 9.66 Å². The van der Waals surface area contributed by atoms with Gasteiger partial charge in [0.15, 0.2) is 11.6 Å². The average molecular weight is 449 g/mol. The van der Waals surface area contributed by atoms with Crippen LogP contribution in [0, 0.1) is 5.92 Å². The highest BCUT2D eigenvalue weighted by Gasteiger charge is 2.35. The molecule has 0 spiro atoms. The first kappa shape index (κ1) is 22.3. The highest BCUT2D eigenvalue weighted by Crippen LogP contribution is 2.35. The van der Waals surface area contributed by atoms with Gasteiger partial charge >= 0.3 is 0 Å². The normalized spacial score (nSPS) is 20.5. The second-order valence-corrected chi connectivity index (χ2v) is 10.5. The van der Waals surface area contributed by atoms with E-state index >= 15 is 0 Å². The molecule has 1 saturated heterocycles. The molecule has 4 heterocycles. The van der Waals surface area contributed by atoms with Crippen molar-refractivity contribution >= 4 is 22.9 Å². The zero-order valence-electron chi connectivity index (χ0n) is 18.7. The zero-order valence-corrected chi connectivity index (χ0v) is 19.5. The van der Waals surface area contributed by atoms with Crippen molar-refractivity contribution < 1.29 is 14.2 Å². The number of hydrogen-bond donors (Lipinski definition) is 2. The van der Waals surface area contributed by atoms with Crippen molar-refractivity contribution in [1.29, 1.82) is 0 Å². The minimum Gasteiger partial charge on any atom is -0.611 e. The van der Waals surface area contributed by atoms with Crippen LogP contribution in [0.1, 0.15) is 69.8 Å². The van der Waals surface area contributed by atoms with Gasteiger partial charge in [-0.05, 0) is 29.9 Å². The maximum absolute atomic E-state index is 12.6. The van der Waals surface area contributed by atoms with Crippen LogP contribution >= 0.6 is 0 Å². The first-order valence-corrected chi connectivity index (χ1v) is 12.4. The Balaban J connectivity index is 1.51.